The molecule has 1 aromatic carbocycles. The Kier molecular flexibility index (Phi) is 3.87. The first kappa shape index (κ1) is 13.3. The molecule has 18 heavy (non-hydrogen) atoms. The van der Waals surface area contributed by atoms with Gasteiger partial charge in [0.2, 0.25) is 0 Å². The summed E-state index contributed by atoms with van der Waals surface area (Å²) in [5.74, 6) is -0.200. The van der Waals surface area contributed by atoms with E-state index in [1.54, 1.807) is 19.2 Å². The first-order chi connectivity index (χ1) is 8.52. The van der Waals surface area contributed by atoms with Gasteiger partial charge in [-0.05, 0) is 19.5 Å². The SMILES string of the molecule is CNCc1cccc(F)c1OC1CCS(=O)(=O)C1. The number of nitrogens with one attached hydrogen (secondary N) is 1. The van der Waals surface area contributed by atoms with Gasteiger partial charge in [-0.2, -0.15) is 0 Å². The Morgan fingerprint density at radius 2 is 2.28 bits per heavy atom. The summed E-state index contributed by atoms with van der Waals surface area (Å²) >= 11 is 0. The van der Waals surface area contributed by atoms with Crippen molar-refractivity contribution in [3.8, 4) is 5.75 Å². The summed E-state index contributed by atoms with van der Waals surface area (Å²) in [6.45, 7) is 0.479. The highest BCUT2D eigenvalue weighted by Crippen LogP contribution is 2.26. The second-order valence-corrected chi connectivity index (χ2v) is 6.63. The fourth-order valence-electron chi connectivity index (χ4n) is 2.04. The van der Waals surface area contributed by atoms with Crippen LogP contribution < -0.4 is 10.1 Å². The third kappa shape index (κ3) is 3.00. The molecule has 1 fully saturated rings. The van der Waals surface area contributed by atoms with E-state index in [1.807, 2.05) is 0 Å². The summed E-state index contributed by atoms with van der Waals surface area (Å²) in [6, 6.07) is 4.69. The maximum atomic E-state index is 13.7. The van der Waals surface area contributed by atoms with E-state index >= 15 is 0 Å². The zero-order valence-electron chi connectivity index (χ0n) is 10.1. The van der Waals surface area contributed by atoms with Crippen molar-refractivity contribution in [1.82, 2.24) is 5.32 Å². The lowest BCUT2D eigenvalue weighted by Gasteiger charge is -2.16. The van der Waals surface area contributed by atoms with Gasteiger partial charge >= 0.3 is 0 Å². The van der Waals surface area contributed by atoms with Gasteiger partial charge in [0.15, 0.2) is 21.4 Å². The number of benzene rings is 1. The van der Waals surface area contributed by atoms with Gasteiger partial charge in [0.25, 0.3) is 0 Å². The summed E-state index contributed by atoms with van der Waals surface area (Å²) in [6.07, 6.45) is -0.0159. The fraction of sp³-hybridized carbons (Fsp3) is 0.500. The van der Waals surface area contributed by atoms with Crippen molar-refractivity contribution >= 4 is 9.84 Å². The van der Waals surface area contributed by atoms with E-state index in [9.17, 15) is 12.8 Å². The zero-order valence-corrected chi connectivity index (χ0v) is 11.0. The molecule has 6 heteroatoms. The van der Waals surface area contributed by atoms with Gasteiger partial charge in [0.1, 0.15) is 6.10 Å². The van der Waals surface area contributed by atoms with Gasteiger partial charge < -0.3 is 10.1 Å². The monoisotopic (exact) mass is 273 g/mol. The van der Waals surface area contributed by atoms with Crippen LogP contribution in [0.2, 0.25) is 0 Å². The number of hydrogen-bond acceptors (Lipinski definition) is 4. The van der Waals surface area contributed by atoms with Crippen molar-refractivity contribution in [2.24, 2.45) is 0 Å². The molecule has 0 amide bonds. The molecule has 1 aromatic rings. The van der Waals surface area contributed by atoms with Crippen molar-refractivity contribution in [3.05, 3.63) is 29.6 Å². The molecular formula is C12H16FNO3S. The van der Waals surface area contributed by atoms with Gasteiger partial charge in [-0.3, -0.25) is 0 Å². The van der Waals surface area contributed by atoms with E-state index in [0.717, 1.165) is 0 Å². The minimum absolute atomic E-state index is 0.0275. The first-order valence-corrected chi connectivity index (χ1v) is 7.63. The topological polar surface area (TPSA) is 55.4 Å². The smallest absolute Gasteiger partial charge is 0.165 e. The lowest BCUT2D eigenvalue weighted by atomic mass is 10.2. The van der Waals surface area contributed by atoms with Gasteiger partial charge in [0.05, 0.1) is 11.5 Å². The number of para-hydroxylation sites is 1. The Morgan fingerprint density at radius 1 is 1.50 bits per heavy atom. The molecule has 2 rings (SSSR count). The quantitative estimate of drug-likeness (QED) is 0.893. The number of sulfone groups is 1. The predicted octanol–water partition coefficient (Wildman–Crippen LogP) is 1.11. The molecule has 1 saturated heterocycles. The molecular weight excluding hydrogens is 257 g/mol. The Hall–Kier alpha value is -1.14. The first-order valence-electron chi connectivity index (χ1n) is 5.81. The zero-order chi connectivity index (χ0) is 13.2. The van der Waals surface area contributed by atoms with E-state index in [0.29, 0.717) is 18.5 Å². The highest BCUT2D eigenvalue weighted by Gasteiger charge is 2.30. The normalized spacial score (nSPS) is 22.0. The second kappa shape index (κ2) is 5.24. The summed E-state index contributed by atoms with van der Waals surface area (Å²) in [5, 5.41) is 2.93. The molecule has 0 aromatic heterocycles. The van der Waals surface area contributed by atoms with Crippen molar-refractivity contribution in [3.63, 3.8) is 0 Å². The van der Waals surface area contributed by atoms with E-state index in [1.165, 1.54) is 6.07 Å². The van der Waals surface area contributed by atoms with Crippen molar-refractivity contribution in [2.75, 3.05) is 18.6 Å². The predicted molar refractivity (Wildman–Crippen MR) is 66.9 cm³/mol. The Morgan fingerprint density at radius 3 is 2.89 bits per heavy atom. The molecule has 0 aliphatic carbocycles. The second-order valence-electron chi connectivity index (χ2n) is 4.40. The number of hydrogen-bond donors (Lipinski definition) is 1. The number of ether oxygens (including phenoxy) is 1. The van der Waals surface area contributed by atoms with Crippen molar-refractivity contribution in [1.29, 1.82) is 0 Å². The molecule has 0 spiro atoms. The molecule has 1 unspecified atom stereocenters. The van der Waals surface area contributed by atoms with Gasteiger partial charge in [-0.25, -0.2) is 12.8 Å². The number of halogens is 1. The van der Waals surface area contributed by atoms with E-state index in [-0.39, 0.29) is 17.3 Å². The Labute approximate surface area is 106 Å². The summed E-state index contributed by atoms with van der Waals surface area (Å²) < 4.78 is 41.9. The van der Waals surface area contributed by atoms with Crippen molar-refractivity contribution in [2.45, 2.75) is 19.1 Å². The Bertz CT molecular complexity index is 530. The maximum Gasteiger partial charge on any atom is 0.165 e. The lowest BCUT2D eigenvalue weighted by Crippen LogP contribution is -2.20. The van der Waals surface area contributed by atoms with Crippen LogP contribution in [-0.2, 0) is 16.4 Å². The molecule has 100 valence electrons. The molecule has 0 saturated carbocycles. The van der Waals surface area contributed by atoms with Crippen LogP contribution in [0.25, 0.3) is 0 Å². The molecule has 4 nitrogen and oxygen atoms in total. The minimum atomic E-state index is -3.02. The third-order valence-electron chi connectivity index (χ3n) is 2.89. The van der Waals surface area contributed by atoms with Crippen LogP contribution in [0.1, 0.15) is 12.0 Å². The highest BCUT2D eigenvalue weighted by molar-refractivity contribution is 7.91. The number of rotatable bonds is 4. The van der Waals surface area contributed by atoms with Gasteiger partial charge in [-0.15, -0.1) is 0 Å². The standard InChI is InChI=1S/C12H16FNO3S/c1-14-7-9-3-2-4-11(13)12(9)17-10-5-6-18(15,16)8-10/h2-4,10,14H,5-8H2,1H3. The summed E-state index contributed by atoms with van der Waals surface area (Å²) in [4.78, 5) is 0. The Balaban J connectivity index is 2.18. The van der Waals surface area contributed by atoms with Gasteiger partial charge in [-0.1, -0.05) is 12.1 Å². The lowest BCUT2D eigenvalue weighted by molar-refractivity contribution is 0.216. The molecule has 0 radical (unpaired) electrons. The van der Waals surface area contributed by atoms with Crippen LogP contribution in [0.15, 0.2) is 18.2 Å². The molecule has 1 aliphatic rings. The third-order valence-corrected chi connectivity index (χ3v) is 4.63. The highest BCUT2D eigenvalue weighted by atomic mass is 32.2. The van der Waals surface area contributed by atoms with E-state index in [4.69, 9.17) is 4.74 Å². The van der Waals surface area contributed by atoms with Crippen LogP contribution in [0, 0.1) is 5.82 Å². The van der Waals surface area contributed by atoms with Crippen LogP contribution in [-0.4, -0.2) is 33.1 Å². The van der Waals surface area contributed by atoms with Crippen LogP contribution in [0.4, 0.5) is 4.39 Å². The van der Waals surface area contributed by atoms with Gasteiger partial charge in [0, 0.05) is 12.1 Å². The molecule has 1 aliphatic heterocycles. The molecule has 1 atom stereocenters. The van der Waals surface area contributed by atoms with E-state index in [2.05, 4.69) is 5.32 Å². The average molecular weight is 273 g/mol. The van der Waals surface area contributed by atoms with E-state index < -0.39 is 21.8 Å². The fourth-order valence-corrected chi connectivity index (χ4v) is 3.63. The summed E-state index contributed by atoms with van der Waals surface area (Å²) in [5.41, 5.74) is 0.696. The van der Waals surface area contributed by atoms with Crippen LogP contribution in [0.3, 0.4) is 0 Å². The average Bonchev–Trinajstić information content (AvgIpc) is 2.63. The molecule has 1 heterocycles. The van der Waals surface area contributed by atoms with Crippen LogP contribution >= 0.6 is 0 Å². The maximum absolute atomic E-state index is 13.7. The van der Waals surface area contributed by atoms with Crippen molar-refractivity contribution < 1.29 is 17.5 Å². The largest absolute Gasteiger partial charge is 0.486 e. The molecule has 1 N–H and O–H groups in total. The summed E-state index contributed by atoms with van der Waals surface area (Å²) in [7, 11) is -1.26. The van der Waals surface area contributed by atoms with Crippen LogP contribution in [0.5, 0.6) is 5.75 Å². The molecule has 0 bridgehead atoms. The minimum Gasteiger partial charge on any atom is -0.486 e.